The first-order valence-corrected chi connectivity index (χ1v) is 6.42. The number of hydrogen-bond donors (Lipinski definition) is 1. The van der Waals surface area contributed by atoms with Gasteiger partial charge in [-0.2, -0.15) is 0 Å². The van der Waals surface area contributed by atoms with Crippen molar-refractivity contribution in [1.82, 2.24) is 0 Å². The van der Waals surface area contributed by atoms with Crippen LogP contribution in [0.5, 0.6) is 5.75 Å². The zero-order chi connectivity index (χ0) is 14.7. The van der Waals surface area contributed by atoms with Crippen molar-refractivity contribution in [2.75, 3.05) is 0 Å². The van der Waals surface area contributed by atoms with E-state index in [0.717, 1.165) is 0 Å². The number of halogens is 3. The van der Waals surface area contributed by atoms with Gasteiger partial charge in [-0.3, -0.25) is 0 Å². The molecule has 20 heavy (non-hydrogen) atoms. The summed E-state index contributed by atoms with van der Waals surface area (Å²) in [4.78, 5) is 0.101. The minimum Gasteiger partial charge on any atom is -0.486 e. The molecule has 2 aromatic rings. The van der Waals surface area contributed by atoms with Crippen molar-refractivity contribution in [3.63, 3.8) is 0 Å². The first-order valence-electron chi connectivity index (χ1n) is 5.64. The molecule has 0 saturated heterocycles. The molecule has 0 amide bonds. The average molecular weight is 314 g/mol. The fraction of sp³-hybridized carbons (Fsp3) is 0.0714. The molecule has 0 aliphatic rings. The quantitative estimate of drug-likeness (QED) is 0.871. The van der Waals surface area contributed by atoms with Gasteiger partial charge < -0.3 is 10.5 Å². The van der Waals surface area contributed by atoms with Crippen LogP contribution >= 0.6 is 23.8 Å². The molecule has 6 heteroatoms. The molecule has 0 heterocycles. The van der Waals surface area contributed by atoms with Crippen molar-refractivity contribution in [3.8, 4) is 5.75 Å². The van der Waals surface area contributed by atoms with E-state index in [-0.39, 0.29) is 22.4 Å². The van der Waals surface area contributed by atoms with Crippen LogP contribution in [0.3, 0.4) is 0 Å². The summed E-state index contributed by atoms with van der Waals surface area (Å²) in [6.07, 6.45) is 0. The zero-order valence-corrected chi connectivity index (χ0v) is 11.8. The number of thiocarbonyl (C=S) groups is 1. The predicted molar refractivity (Wildman–Crippen MR) is 78.0 cm³/mol. The molecule has 0 atom stereocenters. The van der Waals surface area contributed by atoms with Crippen LogP contribution in [0.2, 0.25) is 5.02 Å². The minimum absolute atomic E-state index is 0.0188. The summed E-state index contributed by atoms with van der Waals surface area (Å²) < 4.78 is 32.3. The standard InChI is InChI=1S/C14H10ClF2NOS/c15-13-9(2-1-3-10(13)16)7-19-12-5-4-8(14(18)20)6-11(12)17/h1-6H,7H2,(H2,18,20). The van der Waals surface area contributed by atoms with Gasteiger partial charge in [-0.1, -0.05) is 36.0 Å². The maximum atomic E-state index is 13.7. The van der Waals surface area contributed by atoms with Gasteiger partial charge in [0.2, 0.25) is 0 Å². The Hall–Kier alpha value is -1.72. The number of rotatable bonds is 4. The molecule has 0 bridgehead atoms. The Kier molecular flexibility index (Phi) is 4.52. The Morgan fingerprint density at radius 1 is 1.20 bits per heavy atom. The van der Waals surface area contributed by atoms with Gasteiger partial charge in [0.1, 0.15) is 17.4 Å². The monoisotopic (exact) mass is 313 g/mol. The van der Waals surface area contributed by atoms with Crippen molar-refractivity contribution >= 4 is 28.8 Å². The molecule has 0 aromatic heterocycles. The Bertz CT molecular complexity index is 664. The SMILES string of the molecule is NC(=S)c1ccc(OCc2cccc(F)c2Cl)c(F)c1. The molecule has 104 valence electrons. The van der Waals surface area contributed by atoms with Crippen LogP contribution < -0.4 is 10.5 Å². The number of hydrogen-bond acceptors (Lipinski definition) is 2. The van der Waals surface area contributed by atoms with E-state index in [4.69, 9.17) is 34.3 Å². The first kappa shape index (κ1) is 14.7. The molecule has 0 unspecified atom stereocenters. The van der Waals surface area contributed by atoms with Crippen molar-refractivity contribution in [3.05, 3.63) is 64.2 Å². The lowest BCUT2D eigenvalue weighted by atomic mass is 10.2. The molecule has 0 saturated carbocycles. The summed E-state index contributed by atoms with van der Waals surface area (Å²) in [5.74, 6) is -1.12. The van der Waals surface area contributed by atoms with E-state index in [0.29, 0.717) is 11.1 Å². The highest BCUT2D eigenvalue weighted by molar-refractivity contribution is 7.80. The summed E-state index contributed by atoms with van der Waals surface area (Å²) in [6.45, 7) is -0.0417. The number of ether oxygens (including phenoxy) is 1. The fourth-order valence-corrected chi connectivity index (χ4v) is 1.89. The van der Waals surface area contributed by atoms with Crippen LogP contribution in [0, 0.1) is 11.6 Å². The van der Waals surface area contributed by atoms with Crippen LogP contribution in [0.4, 0.5) is 8.78 Å². The summed E-state index contributed by atoms with van der Waals surface area (Å²) in [7, 11) is 0. The predicted octanol–water partition coefficient (Wildman–Crippen LogP) is 3.83. The van der Waals surface area contributed by atoms with E-state index in [1.807, 2.05) is 0 Å². The highest BCUT2D eigenvalue weighted by Gasteiger charge is 2.09. The van der Waals surface area contributed by atoms with E-state index >= 15 is 0 Å². The average Bonchev–Trinajstić information content (AvgIpc) is 2.41. The highest BCUT2D eigenvalue weighted by Crippen LogP contribution is 2.23. The fourth-order valence-electron chi connectivity index (χ4n) is 1.59. The minimum atomic E-state index is -0.595. The van der Waals surface area contributed by atoms with Gasteiger partial charge in [-0.25, -0.2) is 8.78 Å². The summed E-state index contributed by atoms with van der Waals surface area (Å²) >= 11 is 10.5. The Morgan fingerprint density at radius 3 is 2.60 bits per heavy atom. The molecule has 0 aliphatic carbocycles. The molecule has 0 spiro atoms. The van der Waals surface area contributed by atoms with Gasteiger partial charge >= 0.3 is 0 Å². The van der Waals surface area contributed by atoms with Crippen LogP contribution in [-0.4, -0.2) is 4.99 Å². The molecule has 2 nitrogen and oxygen atoms in total. The zero-order valence-electron chi connectivity index (χ0n) is 10.2. The lowest BCUT2D eigenvalue weighted by Gasteiger charge is -2.10. The molecule has 2 aromatic carbocycles. The van der Waals surface area contributed by atoms with E-state index < -0.39 is 11.6 Å². The topological polar surface area (TPSA) is 35.2 Å². The largest absolute Gasteiger partial charge is 0.486 e. The molecular formula is C14H10ClF2NOS. The lowest BCUT2D eigenvalue weighted by Crippen LogP contribution is -2.09. The molecule has 0 radical (unpaired) electrons. The van der Waals surface area contributed by atoms with Crippen LogP contribution in [-0.2, 0) is 6.61 Å². The molecule has 0 fully saturated rings. The maximum Gasteiger partial charge on any atom is 0.165 e. The molecule has 0 aliphatic heterocycles. The highest BCUT2D eigenvalue weighted by atomic mass is 35.5. The van der Waals surface area contributed by atoms with E-state index in [9.17, 15) is 8.78 Å². The molecular weight excluding hydrogens is 304 g/mol. The third kappa shape index (κ3) is 3.23. The third-order valence-corrected chi connectivity index (χ3v) is 3.29. The second kappa shape index (κ2) is 6.15. The van der Waals surface area contributed by atoms with Crippen molar-refractivity contribution in [2.24, 2.45) is 5.73 Å². The van der Waals surface area contributed by atoms with Gasteiger partial charge in [0.05, 0.1) is 5.02 Å². The Morgan fingerprint density at radius 2 is 1.95 bits per heavy atom. The third-order valence-electron chi connectivity index (χ3n) is 2.63. The van der Waals surface area contributed by atoms with Gasteiger partial charge in [0.25, 0.3) is 0 Å². The van der Waals surface area contributed by atoms with Crippen LogP contribution in [0.15, 0.2) is 36.4 Å². The number of nitrogens with two attached hydrogens (primary N) is 1. The Balaban J connectivity index is 2.15. The van der Waals surface area contributed by atoms with Crippen molar-refractivity contribution in [1.29, 1.82) is 0 Å². The van der Waals surface area contributed by atoms with Crippen molar-refractivity contribution < 1.29 is 13.5 Å². The molecule has 2 rings (SSSR count). The Labute approximate surface area is 125 Å². The van der Waals surface area contributed by atoms with Crippen molar-refractivity contribution in [2.45, 2.75) is 6.61 Å². The first-order chi connectivity index (χ1) is 9.49. The normalized spacial score (nSPS) is 10.3. The molecule has 2 N–H and O–H groups in total. The summed E-state index contributed by atoms with van der Waals surface area (Å²) in [5.41, 5.74) is 6.24. The lowest BCUT2D eigenvalue weighted by molar-refractivity contribution is 0.290. The van der Waals surface area contributed by atoms with Gasteiger partial charge in [0, 0.05) is 11.1 Å². The summed E-state index contributed by atoms with van der Waals surface area (Å²) in [6, 6.07) is 8.50. The van der Waals surface area contributed by atoms with E-state index in [1.165, 1.54) is 24.3 Å². The van der Waals surface area contributed by atoms with Gasteiger partial charge in [-0.15, -0.1) is 0 Å². The second-order valence-electron chi connectivity index (χ2n) is 4.01. The maximum absolute atomic E-state index is 13.7. The van der Waals surface area contributed by atoms with E-state index in [2.05, 4.69) is 0 Å². The summed E-state index contributed by atoms with van der Waals surface area (Å²) in [5, 5.41) is -0.0346. The van der Waals surface area contributed by atoms with Crippen LogP contribution in [0.1, 0.15) is 11.1 Å². The number of benzene rings is 2. The van der Waals surface area contributed by atoms with E-state index in [1.54, 1.807) is 12.1 Å². The van der Waals surface area contributed by atoms with Gasteiger partial charge in [0.15, 0.2) is 11.6 Å². The van der Waals surface area contributed by atoms with Gasteiger partial charge in [-0.05, 0) is 24.3 Å². The smallest absolute Gasteiger partial charge is 0.165 e. The second-order valence-corrected chi connectivity index (χ2v) is 4.83. The van der Waals surface area contributed by atoms with Crippen LogP contribution in [0.25, 0.3) is 0 Å².